The normalized spacial score (nSPS) is 25.0. The van der Waals surface area contributed by atoms with E-state index in [-0.39, 0.29) is 0 Å². The van der Waals surface area contributed by atoms with Crippen molar-refractivity contribution in [3.63, 3.8) is 0 Å². The fourth-order valence-electron chi connectivity index (χ4n) is 3.19. The van der Waals surface area contributed by atoms with Crippen molar-refractivity contribution in [2.45, 2.75) is 24.5 Å². The summed E-state index contributed by atoms with van der Waals surface area (Å²) in [5.74, 6) is 0. The molecule has 4 atom stereocenters. The highest BCUT2D eigenvalue weighted by Crippen LogP contribution is 2.37. The Morgan fingerprint density at radius 3 is 2.67 bits per heavy atom. The van der Waals surface area contributed by atoms with Gasteiger partial charge in [-0.05, 0) is 0 Å². The van der Waals surface area contributed by atoms with E-state index in [1.807, 2.05) is 30.3 Å². The maximum absolute atomic E-state index is 12.2. The summed E-state index contributed by atoms with van der Waals surface area (Å²) in [7, 11) is 0. The Morgan fingerprint density at radius 2 is 1.96 bits per heavy atom. The number of hydrogen-bond donors (Lipinski definition) is 3. The summed E-state index contributed by atoms with van der Waals surface area (Å²) in [6.45, 7) is -0.438. The molecule has 1 fully saturated rings. The molecule has 0 radical (unpaired) electrons. The number of aromatic nitrogens is 5. The van der Waals surface area contributed by atoms with Crippen molar-refractivity contribution in [1.29, 1.82) is 0 Å². The van der Waals surface area contributed by atoms with Crippen LogP contribution in [0.5, 0.6) is 0 Å². The molecule has 0 bridgehead atoms. The third-order valence-electron chi connectivity index (χ3n) is 4.53. The predicted molar refractivity (Wildman–Crippen MR) is 92.8 cm³/mol. The van der Waals surface area contributed by atoms with E-state index in [0.29, 0.717) is 5.69 Å². The Labute approximate surface area is 152 Å². The molecule has 0 saturated carbocycles. The number of benzene rings is 1. The fraction of sp³-hybridized carbons (Fsp3) is 0.294. The molecule has 0 spiro atoms. The number of rotatable bonds is 4. The average Bonchev–Trinajstić information content (AvgIpc) is 3.27. The van der Waals surface area contributed by atoms with Gasteiger partial charge in [0.05, 0.1) is 12.8 Å². The second-order valence-electron chi connectivity index (χ2n) is 6.20. The fourth-order valence-corrected chi connectivity index (χ4v) is 3.19. The smallest absolute Gasteiger partial charge is 0.330 e. The van der Waals surface area contributed by atoms with Gasteiger partial charge in [0, 0.05) is 17.8 Å². The van der Waals surface area contributed by atoms with Crippen LogP contribution in [0.15, 0.2) is 58.4 Å². The Morgan fingerprint density at radius 1 is 1.19 bits per heavy atom. The molecule has 3 aromatic rings. The van der Waals surface area contributed by atoms with Crippen molar-refractivity contribution >= 4 is 0 Å². The van der Waals surface area contributed by atoms with E-state index in [2.05, 4.69) is 15.3 Å². The largest absolute Gasteiger partial charge is 0.394 e. The van der Waals surface area contributed by atoms with Crippen LogP contribution in [0.25, 0.3) is 11.3 Å². The lowest BCUT2D eigenvalue weighted by molar-refractivity contribution is -0.0479. The first-order valence-electron chi connectivity index (χ1n) is 8.31. The van der Waals surface area contributed by atoms with Crippen molar-refractivity contribution in [2.75, 3.05) is 6.61 Å². The van der Waals surface area contributed by atoms with E-state index in [9.17, 15) is 19.8 Å². The van der Waals surface area contributed by atoms with Crippen LogP contribution in [0.3, 0.4) is 0 Å². The quantitative estimate of drug-likeness (QED) is 0.551. The van der Waals surface area contributed by atoms with Crippen LogP contribution >= 0.6 is 0 Å². The number of aromatic amines is 1. The topological polar surface area (TPSA) is 135 Å². The Balaban J connectivity index is 1.75. The van der Waals surface area contributed by atoms with Gasteiger partial charge in [0.25, 0.3) is 5.56 Å². The lowest BCUT2D eigenvalue weighted by atomic mass is 10.1. The number of nitrogens with zero attached hydrogens (tertiary/aromatic N) is 4. The van der Waals surface area contributed by atoms with Crippen molar-refractivity contribution in [2.24, 2.45) is 0 Å². The van der Waals surface area contributed by atoms with E-state index < -0.39 is 42.3 Å². The van der Waals surface area contributed by atoms with Crippen LogP contribution in [0, 0.1) is 0 Å². The van der Waals surface area contributed by atoms with Crippen LogP contribution in [-0.2, 0) is 4.74 Å². The molecule has 27 heavy (non-hydrogen) atoms. The number of ether oxygens (including phenoxy) is 1. The standard InChI is InChI=1S/C17H17N5O5/c23-9-12-15(25)14(16(27-12)21-7-6-13(24)18-17(21)26)22-8-11(19-20-22)10-4-2-1-3-5-10/h1-8,12,14-16,23,25H,9H2,(H,18,24,26)/t12-,14-,15-,16-/m1/s1. The van der Waals surface area contributed by atoms with Crippen LogP contribution in [0.2, 0.25) is 0 Å². The second kappa shape index (κ2) is 6.91. The first-order valence-corrected chi connectivity index (χ1v) is 8.31. The van der Waals surface area contributed by atoms with Crippen LogP contribution in [0.1, 0.15) is 12.3 Å². The summed E-state index contributed by atoms with van der Waals surface area (Å²) in [4.78, 5) is 25.6. The minimum Gasteiger partial charge on any atom is -0.394 e. The number of hydrogen-bond acceptors (Lipinski definition) is 7. The van der Waals surface area contributed by atoms with Gasteiger partial charge >= 0.3 is 5.69 Å². The molecule has 10 nitrogen and oxygen atoms in total. The summed E-state index contributed by atoms with van der Waals surface area (Å²) >= 11 is 0. The molecule has 2 aromatic heterocycles. The number of H-pyrrole nitrogens is 1. The van der Waals surface area contributed by atoms with E-state index in [1.165, 1.54) is 16.9 Å². The zero-order chi connectivity index (χ0) is 19.0. The maximum atomic E-state index is 12.2. The first-order chi connectivity index (χ1) is 13.1. The molecule has 1 aromatic carbocycles. The zero-order valence-corrected chi connectivity index (χ0v) is 14.0. The monoisotopic (exact) mass is 371 g/mol. The Bertz CT molecular complexity index is 1040. The van der Waals surface area contributed by atoms with E-state index >= 15 is 0 Å². The van der Waals surface area contributed by atoms with E-state index in [1.54, 1.807) is 6.20 Å². The van der Waals surface area contributed by atoms with Crippen molar-refractivity contribution in [1.82, 2.24) is 24.5 Å². The Hall–Kier alpha value is -3.08. The maximum Gasteiger partial charge on any atom is 0.330 e. The van der Waals surface area contributed by atoms with E-state index in [4.69, 9.17) is 4.74 Å². The van der Waals surface area contributed by atoms with Gasteiger partial charge in [0.2, 0.25) is 0 Å². The summed E-state index contributed by atoms with van der Waals surface area (Å²) < 4.78 is 8.22. The lowest BCUT2D eigenvalue weighted by Gasteiger charge is -2.21. The highest BCUT2D eigenvalue weighted by Gasteiger charge is 2.46. The summed E-state index contributed by atoms with van der Waals surface area (Å²) in [5.41, 5.74) is 0.195. The van der Waals surface area contributed by atoms with Crippen molar-refractivity contribution < 1.29 is 14.9 Å². The van der Waals surface area contributed by atoms with Gasteiger partial charge in [-0.2, -0.15) is 0 Å². The van der Waals surface area contributed by atoms with Crippen molar-refractivity contribution in [3.05, 3.63) is 69.6 Å². The Kier molecular flexibility index (Phi) is 4.44. The molecule has 1 aliphatic rings. The molecule has 0 amide bonds. The van der Waals surface area contributed by atoms with Gasteiger partial charge in [0.1, 0.15) is 23.9 Å². The minimum absolute atomic E-state index is 0.438. The van der Waals surface area contributed by atoms with Crippen LogP contribution in [-0.4, -0.2) is 53.6 Å². The van der Waals surface area contributed by atoms with Gasteiger partial charge < -0.3 is 14.9 Å². The van der Waals surface area contributed by atoms with Gasteiger partial charge in [-0.25, -0.2) is 9.48 Å². The average molecular weight is 371 g/mol. The molecule has 10 heteroatoms. The molecule has 1 saturated heterocycles. The molecule has 0 aliphatic carbocycles. The molecular weight excluding hydrogens is 354 g/mol. The van der Waals surface area contributed by atoms with Gasteiger partial charge in [0.15, 0.2) is 6.23 Å². The summed E-state index contributed by atoms with van der Waals surface area (Å²) in [6.07, 6.45) is -0.115. The number of aliphatic hydroxyl groups excluding tert-OH is 2. The molecule has 3 heterocycles. The molecule has 140 valence electrons. The first kappa shape index (κ1) is 17.3. The number of nitrogens with one attached hydrogen (secondary N) is 1. The predicted octanol–water partition coefficient (Wildman–Crippen LogP) is -0.713. The SMILES string of the molecule is O=c1ccn([C@@H]2O[C@H](CO)[C@@H](O)[C@H]2n2cc(-c3ccccc3)nn2)c(=O)[nH]1. The number of aliphatic hydroxyl groups is 2. The van der Waals surface area contributed by atoms with Crippen LogP contribution < -0.4 is 11.2 Å². The molecule has 3 N–H and O–H groups in total. The third-order valence-corrected chi connectivity index (χ3v) is 4.53. The second-order valence-corrected chi connectivity index (χ2v) is 6.20. The highest BCUT2D eigenvalue weighted by atomic mass is 16.5. The van der Waals surface area contributed by atoms with Gasteiger partial charge in [-0.3, -0.25) is 14.3 Å². The van der Waals surface area contributed by atoms with E-state index in [0.717, 1.165) is 10.1 Å². The minimum atomic E-state index is -1.14. The third kappa shape index (κ3) is 3.10. The molecular formula is C17H17N5O5. The van der Waals surface area contributed by atoms with Crippen molar-refractivity contribution in [3.8, 4) is 11.3 Å². The molecule has 4 rings (SSSR count). The summed E-state index contributed by atoms with van der Waals surface area (Å²) in [5, 5.41) is 28.3. The lowest BCUT2D eigenvalue weighted by Crippen LogP contribution is -2.36. The molecule has 1 aliphatic heterocycles. The van der Waals surface area contributed by atoms with Crippen LogP contribution in [0.4, 0.5) is 0 Å². The highest BCUT2D eigenvalue weighted by molar-refractivity contribution is 5.57. The molecule has 0 unspecified atom stereocenters. The van der Waals surface area contributed by atoms with Gasteiger partial charge in [-0.1, -0.05) is 35.5 Å². The summed E-state index contributed by atoms with van der Waals surface area (Å²) in [6, 6.07) is 9.71. The van der Waals surface area contributed by atoms with Gasteiger partial charge in [-0.15, -0.1) is 5.10 Å². The zero-order valence-electron chi connectivity index (χ0n) is 14.0.